The van der Waals surface area contributed by atoms with E-state index in [2.05, 4.69) is 19.5 Å². The van der Waals surface area contributed by atoms with Crippen molar-refractivity contribution in [1.82, 2.24) is 29.5 Å². The average Bonchev–Trinajstić information content (AvgIpc) is 3.63. The van der Waals surface area contributed by atoms with Gasteiger partial charge in [0, 0.05) is 37.8 Å². The molecule has 1 spiro atoms. The highest BCUT2D eigenvalue weighted by Crippen LogP contribution is 2.49. The van der Waals surface area contributed by atoms with E-state index >= 15 is 0 Å². The van der Waals surface area contributed by atoms with E-state index in [1.165, 1.54) is 6.33 Å². The van der Waals surface area contributed by atoms with Crippen LogP contribution in [0.5, 0.6) is 11.5 Å². The lowest BCUT2D eigenvalue weighted by molar-refractivity contribution is -0.0599. The number of carbonyl (C=O) groups is 1. The Kier molecular flexibility index (Phi) is 7.19. The summed E-state index contributed by atoms with van der Waals surface area (Å²) >= 11 is 0. The Bertz CT molecular complexity index is 1630. The first kappa shape index (κ1) is 28.6. The summed E-state index contributed by atoms with van der Waals surface area (Å²) in [6.45, 7) is 9.49. The number of anilines is 1. The van der Waals surface area contributed by atoms with Gasteiger partial charge in [0.2, 0.25) is 0 Å². The van der Waals surface area contributed by atoms with Crippen LogP contribution in [0.15, 0.2) is 60.9 Å². The minimum Gasteiger partial charge on any atom is -0.457 e. The number of nitrogens with zero attached hydrogens (tertiary/aromatic N) is 6. The number of carbonyl (C=O) groups excluding carboxylic acids is 1. The number of para-hydroxylation sites is 1. The largest absolute Gasteiger partial charge is 0.457 e. The maximum atomic E-state index is 12.5. The Morgan fingerprint density at radius 2 is 1.64 bits per heavy atom. The summed E-state index contributed by atoms with van der Waals surface area (Å²) in [4.78, 5) is 25.9. The second kappa shape index (κ2) is 11.1. The molecule has 10 nitrogen and oxygen atoms in total. The fraction of sp³-hybridized carbons (Fsp3) is 0.471. The van der Waals surface area contributed by atoms with Crippen LogP contribution in [0.3, 0.4) is 0 Å². The Labute approximate surface area is 258 Å². The zero-order chi connectivity index (χ0) is 30.5. The summed E-state index contributed by atoms with van der Waals surface area (Å²) in [7, 11) is 0. The molecule has 44 heavy (non-hydrogen) atoms. The Hall–Kier alpha value is -4.18. The number of likely N-dealkylation sites (tertiary alicyclic amines) is 2. The number of amides is 1. The molecule has 2 aliphatic heterocycles. The molecule has 1 amide bonds. The van der Waals surface area contributed by atoms with Crippen LogP contribution >= 0.6 is 0 Å². The number of nitrogen functional groups attached to an aromatic ring is 1. The van der Waals surface area contributed by atoms with Crippen molar-refractivity contribution in [2.45, 2.75) is 70.6 Å². The molecule has 3 fully saturated rings. The predicted octanol–water partition coefficient (Wildman–Crippen LogP) is 6.29. The number of fused-ring (bicyclic) bond motifs is 1. The van der Waals surface area contributed by atoms with E-state index in [4.69, 9.17) is 20.3 Å². The van der Waals surface area contributed by atoms with Crippen LogP contribution in [0.2, 0.25) is 0 Å². The SMILES string of the molecule is CC(C)(C)OC(=O)N1CC[C@H](N2CC3(CCC(n4nc(-c5ccc(Oc6ccccc6)cc5)c5c(N)ncnc54)CC3)C2)C1. The van der Waals surface area contributed by atoms with Crippen LogP contribution < -0.4 is 10.5 Å². The molecular weight excluding hydrogens is 554 g/mol. The number of hydrogen-bond acceptors (Lipinski definition) is 8. The first-order valence-electron chi connectivity index (χ1n) is 15.7. The van der Waals surface area contributed by atoms with Crippen LogP contribution in [-0.4, -0.2) is 73.5 Å². The standard InChI is InChI=1S/C34H41N7O3/c1-33(2,3)44-32(42)39-18-15-25(19-39)40-20-34(21-40)16-13-24(14-17-34)41-31-28(30(35)36-22-37-31)29(38-41)23-9-11-27(12-10-23)43-26-7-5-4-6-8-26/h4-12,22,24-25H,13-21H2,1-3H3,(H2,35,36,37)/t25-/m0/s1. The van der Waals surface area contributed by atoms with Crippen molar-refractivity contribution in [2.24, 2.45) is 5.41 Å². The van der Waals surface area contributed by atoms with Crippen LogP contribution in [-0.2, 0) is 4.74 Å². The first-order valence-corrected chi connectivity index (χ1v) is 15.7. The van der Waals surface area contributed by atoms with E-state index in [0.717, 1.165) is 92.1 Å². The summed E-state index contributed by atoms with van der Waals surface area (Å²) in [6.07, 6.45) is 6.76. The fourth-order valence-electron chi connectivity index (χ4n) is 7.14. The lowest BCUT2D eigenvalue weighted by Crippen LogP contribution is -2.61. The maximum Gasteiger partial charge on any atom is 0.410 e. The van der Waals surface area contributed by atoms with Gasteiger partial charge in [0.1, 0.15) is 34.9 Å². The smallest absolute Gasteiger partial charge is 0.410 e. The summed E-state index contributed by atoms with van der Waals surface area (Å²) in [6, 6.07) is 18.4. The molecule has 2 saturated heterocycles. The molecule has 0 unspecified atom stereocenters. The number of rotatable bonds is 5. The second-order valence-corrected chi connectivity index (χ2v) is 13.7. The van der Waals surface area contributed by atoms with Gasteiger partial charge >= 0.3 is 6.09 Å². The summed E-state index contributed by atoms with van der Waals surface area (Å²) in [5, 5.41) is 5.91. The minimum atomic E-state index is -0.463. The quantitative estimate of drug-likeness (QED) is 0.286. The maximum absolute atomic E-state index is 12.5. The molecule has 2 aromatic carbocycles. The Morgan fingerprint density at radius 1 is 0.932 bits per heavy atom. The van der Waals surface area contributed by atoms with Gasteiger partial charge in [-0.3, -0.25) is 4.90 Å². The summed E-state index contributed by atoms with van der Waals surface area (Å²) < 4.78 is 13.7. The van der Waals surface area contributed by atoms with Crippen molar-refractivity contribution in [3.8, 4) is 22.8 Å². The van der Waals surface area contributed by atoms with Gasteiger partial charge in [0.25, 0.3) is 0 Å². The summed E-state index contributed by atoms with van der Waals surface area (Å²) in [5.74, 6) is 2.00. The molecule has 2 N–H and O–H groups in total. The van der Waals surface area contributed by atoms with E-state index in [0.29, 0.717) is 17.3 Å². The highest BCUT2D eigenvalue weighted by Gasteiger charge is 2.49. The van der Waals surface area contributed by atoms with E-state index < -0.39 is 5.60 Å². The number of hydrogen-bond donors (Lipinski definition) is 1. The van der Waals surface area contributed by atoms with Gasteiger partial charge in [-0.25, -0.2) is 19.4 Å². The topological polar surface area (TPSA) is 112 Å². The molecular formula is C34H41N7O3. The lowest BCUT2D eigenvalue weighted by Gasteiger charge is -2.55. The number of benzene rings is 2. The molecule has 0 radical (unpaired) electrons. The molecule has 1 aliphatic carbocycles. The normalized spacial score (nSPS) is 20.6. The first-order chi connectivity index (χ1) is 21.2. The monoisotopic (exact) mass is 595 g/mol. The highest BCUT2D eigenvalue weighted by molar-refractivity contribution is 5.98. The molecule has 4 aromatic rings. The Balaban J connectivity index is 1.01. The van der Waals surface area contributed by atoms with Gasteiger partial charge in [-0.2, -0.15) is 5.10 Å². The van der Waals surface area contributed by atoms with Gasteiger partial charge in [-0.05, 0) is 94.7 Å². The predicted molar refractivity (Wildman–Crippen MR) is 169 cm³/mol. The van der Waals surface area contributed by atoms with Crippen molar-refractivity contribution < 1.29 is 14.3 Å². The van der Waals surface area contributed by atoms with E-state index in [9.17, 15) is 4.79 Å². The molecule has 4 heterocycles. The van der Waals surface area contributed by atoms with Crippen LogP contribution in [0, 0.1) is 5.41 Å². The van der Waals surface area contributed by atoms with E-state index in [-0.39, 0.29) is 12.1 Å². The van der Waals surface area contributed by atoms with Crippen LogP contribution in [0.1, 0.15) is 58.9 Å². The average molecular weight is 596 g/mol. The lowest BCUT2D eigenvalue weighted by atomic mass is 9.67. The molecule has 3 aliphatic rings. The molecule has 1 saturated carbocycles. The molecule has 10 heteroatoms. The van der Waals surface area contributed by atoms with Crippen molar-refractivity contribution in [3.05, 3.63) is 60.9 Å². The van der Waals surface area contributed by atoms with Gasteiger partial charge < -0.3 is 20.1 Å². The van der Waals surface area contributed by atoms with Crippen LogP contribution in [0.25, 0.3) is 22.3 Å². The third-order valence-electron chi connectivity index (χ3n) is 9.39. The molecule has 7 rings (SSSR count). The third-order valence-corrected chi connectivity index (χ3v) is 9.39. The molecule has 0 bridgehead atoms. The van der Waals surface area contributed by atoms with Crippen molar-refractivity contribution in [1.29, 1.82) is 0 Å². The van der Waals surface area contributed by atoms with Gasteiger partial charge in [-0.1, -0.05) is 18.2 Å². The Morgan fingerprint density at radius 3 is 2.34 bits per heavy atom. The van der Waals surface area contributed by atoms with Gasteiger partial charge in [0.15, 0.2) is 5.65 Å². The van der Waals surface area contributed by atoms with Crippen molar-refractivity contribution >= 4 is 22.9 Å². The second-order valence-electron chi connectivity index (χ2n) is 13.7. The van der Waals surface area contributed by atoms with Crippen molar-refractivity contribution in [2.75, 3.05) is 31.9 Å². The van der Waals surface area contributed by atoms with Gasteiger partial charge in [0.05, 0.1) is 11.4 Å². The molecule has 2 aromatic heterocycles. The van der Waals surface area contributed by atoms with Crippen LogP contribution in [0.4, 0.5) is 10.6 Å². The number of aromatic nitrogens is 4. The minimum absolute atomic E-state index is 0.192. The highest BCUT2D eigenvalue weighted by atomic mass is 16.6. The van der Waals surface area contributed by atoms with E-state index in [1.807, 2.05) is 80.3 Å². The summed E-state index contributed by atoms with van der Waals surface area (Å²) in [5.41, 5.74) is 8.85. The fourth-order valence-corrected chi connectivity index (χ4v) is 7.14. The number of ether oxygens (including phenoxy) is 2. The van der Waals surface area contributed by atoms with E-state index in [1.54, 1.807) is 0 Å². The molecule has 230 valence electrons. The van der Waals surface area contributed by atoms with Gasteiger partial charge in [-0.15, -0.1) is 0 Å². The molecule has 1 atom stereocenters. The number of nitrogens with two attached hydrogens (primary N) is 1. The third kappa shape index (κ3) is 5.58. The zero-order valence-electron chi connectivity index (χ0n) is 25.8. The van der Waals surface area contributed by atoms with Crippen molar-refractivity contribution in [3.63, 3.8) is 0 Å². The zero-order valence-corrected chi connectivity index (χ0v) is 25.8.